The van der Waals surface area contributed by atoms with E-state index in [4.69, 9.17) is 0 Å². The second-order valence-corrected chi connectivity index (χ2v) is 7.07. The molecule has 1 heterocycles. The number of halogens is 1. The molecule has 1 atom stereocenters. The minimum Gasteiger partial charge on any atom is -0.385 e. The van der Waals surface area contributed by atoms with Crippen molar-refractivity contribution in [3.05, 3.63) is 56.2 Å². The maximum Gasteiger partial charge on any atom is 0.0916 e. The third kappa shape index (κ3) is 3.18. The van der Waals surface area contributed by atoms with Gasteiger partial charge in [0.1, 0.15) is 0 Å². The fourth-order valence-electron chi connectivity index (χ4n) is 1.80. The first-order valence-corrected chi connectivity index (χ1v) is 7.12. The van der Waals surface area contributed by atoms with Crippen LogP contribution >= 0.6 is 27.3 Å². The minimum absolute atomic E-state index is 0.645. The number of hydrogen-bond acceptors (Lipinski definition) is 2. The molecule has 0 aliphatic carbocycles. The van der Waals surface area contributed by atoms with Gasteiger partial charge >= 0.3 is 0 Å². The molecule has 1 nitrogen and oxygen atoms in total. The molecule has 2 rings (SSSR count). The molecule has 0 bridgehead atoms. The highest BCUT2D eigenvalue weighted by atomic mass is 79.9. The Morgan fingerprint density at radius 2 is 1.82 bits per heavy atom. The van der Waals surface area contributed by atoms with Gasteiger partial charge in [-0.25, -0.2) is 0 Å². The molecule has 0 fully saturated rings. The Bertz CT molecular complexity index is 499. The van der Waals surface area contributed by atoms with E-state index in [1.165, 1.54) is 10.4 Å². The van der Waals surface area contributed by atoms with Crippen LogP contribution in [-0.2, 0) is 12.0 Å². The first-order chi connectivity index (χ1) is 7.97. The van der Waals surface area contributed by atoms with Crippen LogP contribution in [0.5, 0.6) is 0 Å². The third-order valence-corrected chi connectivity index (χ3v) is 4.44. The van der Waals surface area contributed by atoms with Gasteiger partial charge in [-0.2, -0.15) is 0 Å². The van der Waals surface area contributed by atoms with Crippen molar-refractivity contribution in [3.63, 3.8) is 0 Å². The van der Waals surface area contributed by atoms with E-state index in [-0.39, 0.29) is 0 Å². The summed E-state index contributed by atoms with van der Waals surface area (Å²) < 4.78 is 1.10. The molecular formula is C14H15BrOS. The van der Waals surface area contributed by atoms with Crippen LogP contribution in [0.4, 0.5) is 0 Å². The third-order valence-electron chi connectivity index (χ3n) is 2.82. The van der Waals surface area contributed by atoms with Gasteiger partial charge in [-0.05, 0) is 47.5 Å². The van der Waals surface area contributed by atoms with Gasteiger partial charge in [0, 0.05) is 11.3 Å². The summed E-state index contributed by atoms with van der Waals surface area (Å²) in [6, 6.07) is 12.1. The molecule has 0 radical (unpaired) electrons. The second kappa shape index (κ2) is 4.92. The van der Waals surface area contributed by atoms with Crippen LogP contribution in [0.3, 0.4) is 0 Å². The predicted molar refractivity (Wildman–Crippen MR) is 76.5 cm³/mol. The molecule has 0 amide bonds. The zero-order valence-corrected chi connectivity index (χ0v) is 12.3. The van der Waals surface area contributed by atoms with Crippen molar-refractivity contribution in [2.75, 3.05) is 0 Å². The summed E-state index contributed by atoms with van der Waals surface area (Å²) in [6.45, 7) is 3.92. The summed E-state index contributed by atoms with van der Waals surface area (Å²) >= 11 is 5.11. The Morgan fingerprint density at radius 3 is 2.35 bits per heavy atom. The number of rotatable bonds is 3. The summed E-state index contributed by atoms with van der Waals surface area (Å²) in [6.07, 6.45) is 0.645. The van der Waals surface area contributed by atoms with E-state index < -0.39 is 5.60 Å². The molecule has 0 saturated heterocycles. The van der Waals surface area contributed by atoms with Gasteiger partial charge < -0.3 is 5.11 Å². The predicted octanol–water partition coefficient (Wildman–Crippen LogP) is 4.27. The van der Waals surface area contributed by atoms with E-state index in [1.54, 1.807) is 11.3 Å². The van der Waals surface area contributed by atoms with Crippen LogP contribution in [0, 0.1) is 6.92 Å². The summed E-state index contributed by atoms with van der Waals surface area (Å²) in [4.78, 5) is 1.18. The Balaban J connectivity index is 2.21. The molecule has 1 aromatic heterocycles. The number of aryl methyl sites for hydroxylation is 1. The van der Waals surface area contributed by atoms with Crippen molar-refractivity contribution in [1.29, 1.82) is 0 Å². The maximum absolute atomic E-state index is 10.5. The van der Waals surface area contributed by atoms with Crippen LogP contribution < -0.4 is 0 Å². The normalized spacial score (nSPS) is 14.6. The van der Waals surface area contributed by atoms with E-state index in [2.05, 4.69) is 28.9 Å². The Labute approximate surface area is 114 Å². The van der Waals surface area contributed by atoms with E-state index >= 15 is 0 Å². The lowest BCUT2D eigenvalue weighted by atomic mass is 9.91. The fraction of sp³-hybridized carbons (Fsp3) is 0.286. The molecular weight excluding hydrogens is 296 g/mol. The molecule has 0 aliphatic rings. The molecule has 3 heteroatoms. The first kappa shape index (κ1) is 12.8. The first-order valence-electron chi connectivity index (χ1n) is 5.51. The lowest BCUT2D eigenvalue weighted by Crippen LogP contribution is -2.23. The highest BCUT2D eigenvalue weighted by Crippen LogP contribution is 2.30. The molecule has 17 heavy (non-hydrogen) atoms. The molecule has 2 aromatic rings. The van der Waals surface area contributed by atoms with Crippen molar-refractivity contribution < 1.29 is 5.11 Å². The number of benzene rings is 1. The quantitative estimate of drug-likeness (QED) is 0.897. The molecule has 0 saturated carbocycles. The van der Waals surface area contributed by atoms with Gasteiger partial charge in [0.2, 0.25) is 0 Å². The summed E-state index contributed by atoms with van der Waals surface area (Å²) in [5.41, 5.74) is 1.37. The zero-order valence-electron chi connectivity index (χ0n) is 9.90. The van der Waals surface area contributed by atoms with E-state index in [1.807, 2.05) is 37.3 Å². The number of hydrogen-bond donors (Lipinski definition) is 1. The Hall–Kier alpha value is -0.640. The fourth-order valence-corrected chi connectivity index (χ4v) is 3.43. The van der Waals surface area contributed by atoms with Crippen LogP contribution in [0.1, 0.15) is 22.9 Å². The van der Waals surface area contributed by atoms with Crippen molar-refractivity contribution in [1.82, 2.24) is 0 Å². The maximum atomic E-state index is 10.5. The zero-order chi connectivity index (χ0) is 12.5. The highest BCUT2D eigenvalue weighted by Gasteiger charge is 2.24. The van der Waals surface area contributed by atoms with Crippen molar-refractivity contribution >= 4 is 27.3 Å². The largest absolute Gasteiger partial charge is 0.385 e. The molecule has 1 N–H and O–H groups in total. The van der Waals surface area contributed by atoms with Gasteiger partial charge in [0.05, 0.1) is 9.39 Å². The Morgan fingerprint density at radius 1 is 1.18 bits per heavy atom. The molecule has 0 aliphatic heterocycles. The Kier molecular flexibility index (Phi) is 3.71. The second-order valence-electron chi connectivity index (χ2n) is 4.52. The van der Waals surface area contributed by atoms with Crippen molar-refractivity contribution in [2.24, 2.45) is 0 Å². The van der Waals surface area contributed by atoms with E-state index in [9.17, 15) is 5.11 Å². The summed E-state index contributed by atoms with van der Waals surface area (Å²) in [5, 5.41) is 10.5. The summed E-state index contributed by atoms with van der Waals surface area (Å²) in [5.74, 6) is 0. The average molecular weight is 311 g/mol. The van der Waals surface area contributed by atoms with Gasteiger partial charge in [-0.3, -0.25) is 0 Å². The van der Waals surface area contributed by atoms with Crippen LogP contribution in [0.2, 0.25) is 0 Å². The molecule has 1 unspecified atom stereocenters. The lowest BCUT2D eigenvalue weighted by Gasteiger charge is -2.23. The smallest absolute Gasteiger partial charge is 0.0916 e. The van der Waals surface area contributed by atoms with Gasteiger partial charge in [-0.1, -0.05) is 29.8 Å². The molecule has 90 valence electrons. The van der Waals surface area contributed by atoms with Crippen LogP contribution in [-0.4, -0.2) is 5.11 Å². The topological polar surface area (TPSA) is 20.2 Å². The van der Waals surface area contributed by atoms with Crippen molar-refractivity contribution in [2.45, 2.75) is 25.9 Å². The lowest BCUT2D eigenvalue weighted by molar-refractivity contribution is 0.0585. The van der Waals surface area contributed by atoms with Crippen LogP contribution in [0.25, 0.3) is 0 Å². The number of aliphatic hydroxyl groups is 1. The van der Waals surface area contributed by atoms with Crippen LogP contribution in [0.15, 0.2) is 40.2 Å². The standard InChI is InChI=1S/C14H15BrOS/c1-10-3-5-11(6-4-10)14(2,16)9-12-7-8-13(15)17-12/h3-8,16H,9H2,1-2H3. The number of thiophene rings is 1. The SMILES string of the molecule is Cc1ccc(C(C)(O)Cc2ccc(Br)s2)cc1. The van der Waals surface area contributed by atoms with E-state index in [0.29, 0.717) is 6.42 Å². The monoisotopic (exact) mass is 310 g/mol. The highest BCUT2D eigenvalue weighted by molar-refractivity contribution is 9.11. The van der Waals surface area contributed by atoms with Gasteiger partial charge in [0.25, 0.3) is 0 Å². The summed E-state index contributed by atoms with van der Waals surface area (Å²) in [7, 11) is 0. The van der Waals surface area contributed by atoms with Crippen molar-refractivity contribution in [3.8, 4) is 0 Å². The minimum atomic E-state index is -0.808. The van der Waals surface area contributed by atoms with Gasteiger partial charge in [0.15, 0.2) is 0 Å². The molecule has 1 aromatic carbocycles. The van der Waals surface area contributed by atoms with E-state index in [0.717, 1.165) is 9.35 Å². The van der Waals surface area contributed by atoms with Gasteiger partial charge in [-0.15, -0.1) is 11.3 Å². The average Bonchev–Trinajstić information content (AvgIpc) is 2.63. The molecule has 0 spiro atoms.